The Morgan fingerprint density at radius 2 is 1.81 bits per heavy atom. The lowest BCUT2D eigenvalue weighted by molar-refractivity contribution is -0.274. The van der Waals surface area contributed by atoms with Gasteiger partial charge in [0.05, 0.1) is 5.56 Å². The second kappa shape index (κ2) is 5.35. The van der Waals surface area contributed by atoms with E-state index in [1.807, 2.05) is 0 Å². The van der Waals surface area contributed by atoms with Crippen molar-refractivity contribution in [1.29, 1.82) is 0 Å². The van der Waals surface area contributed by atoms with Crippen molar-refractivity contribution in [1.82, 2.24) is 0 Å². The summed E-state index contributed by atoms with van der Waals surface area (Å²) in [4.78, 5) is 11.1. The highest BCUT2D eigenvalue weighted by Crippen LogP contribution is 2.31. The van der Waals surface area contributed by atoms with Crippen LogP contribution in [0.4, 0.5) is 13.2 Å². The fourth-order valence-electron chi connectivity index (χ4n) is 1.82. The summed E-state index contributed by atoms with van der Waals surface area (Å²) in [6.45, 7) is 0. The zero-order valence-electron chi connectivity index (χ0n) is 10.4. The Bertz CT molecular complexity index is 680. The number of halogens is 3. The van der Waals surface area contributed by atoms with Crippen LogP contribution in [0.15, 0.2) is 42.5 Å². The average Bonchev–Trinajstić information content (AvgIpc) is 2.36. The van der Waals surface area contributed by atoms with Crippen molar-refractivity contribution in [2.75, 3.05) is 0 Å². The van der Waals surface area contributed by atoms with Gasteiger partial charge in [-0.15, -0.1) is 13.2 Å². The Balaban J connectivity index is 2.50. The van der Waals surface area contributed by atoms with Crippen molar-refractivity contribution in [3.8, 4) is 22.6 Å². The Morgan fingerprint density at radius 1 is 1.10 bits per heavy atom. The minimum Gasteiger partial charge on any atom is -0.508 e. The first kappa shape index (κ1) is 14.7. The summed E-state index contributed by atoms with van der Waals surface area (Å²) < 4.78 is 40.4. The topological polar surface area (TPSA) is 66.8 Å². The van der Waals surface area contributed by atoms with Gasteiger partial charge in [-0.3, -0.25) is 0 Å². The Hall–Kier alpha value is -2.70. The number of aromatic carboxylic acids is 1. The lowest BCUT2D eigenvalue weighted by atomic mass is 9.99. The lowest BCUT2D eigenvalue weighted by Gasteiger charge is -2.11. The highest BCUT2D eigenvalue weighted by Gasteiger charge is 2.31. The maximum Gasteiger partial charge on any atom is 0.573 e. The van der Waals surface area contributed by atoms with Crippen molar-refractivity contribution in [2.45, 2.75) is 6.36 Å². The number of carboxylic acids is 1. The van der Waals surface area contributed by atoms with Crippen molar-refractivity contribution in [3.05, 3.63) is 48.0 Å². The molecular weight excluding hydrogens is 289 g/mol. The van der Waals surface area contributed by atoms with Crippen LogP contribution in [0.25, 0.3) is 11.1 Å². The second-order valence-corrected chi connectivity index (χ2v) is 4.11. The molecule has 2 aromatic rings. The highest BCUT2D eigenvalue weighted by molar-refractivity contribution is 5.96. The molecule has 0 spiro atoms. The molecule has 2 N–H and O–H groups in total. The molecule has 0 aliphatic carbocycles. The number of rotatable bonds is 3. The first-order valence-electron chi connectivity index (χ1n) is 5.69. The third kappa shape index (κ3) is 3.65. The average molecular weight is 298 g/mol. The summed E-state index contributed by atoms with van der Waals surface area (Å²) in [6, 6.07) is 8.38. The van der Waals surface area contributed by atoms with Crippen molar-refractivity contribution in [3.63, 3.8) is 0 Å². The summed E-state index contributed by atoms with van der Waals surface area (Å²) in [5, 5.41) is 18.5. The SMILES string of the molecule is O=C(O)c1ccc(O)cc1-c1cccc(OC(F)(F)F)c1. The van der Waals surface area contributed by atoms with Crippen molar-refractivity contribution < 1.29 is 32.9 Å². The first-order valence-corrected chi connectivity index (χ1v) is 5.69. The molecule has 0 aliphatic rings. The van der Waals surface area contributed by atoms with Crippen LogP contribution in [0, 0.1) is 0 Å². The summed E-state index contributed by atoms with van der Waals surface area (Å²) in [7, 11) is 0. The quantitative estimate of drug-likeness (QED) is 0.907. The van der Waals surface area contributed by atoms with E-state index >= 15 is 0 Å². The third-order valence-corrected chi connectivity index (χ3v) is 2.61. The standard InChI is InChI=1S/C14H9F3O4/c15-14(16,17)21-10-3-1-2-8(6-10)12-7-9(18)4-5-11(12)13(19)20/h1-7,18H,(H,19,20). The van der Waals surface area contributed by atoms with Gasteiger partial charge in [-0.2, -0.15) is 0 Å². The molecule has 2 rings (SSSR count). The number of phenolic OH excluding ortho intramolecular Hbond substituents is 1. The lowest BCUT2D eigenvalue weighted by Crippen LogP contribution is -2.17. The summed E-state index contributed by atoms with van der Waals surface area (Å²) in [5.41, 5.74) is 0.136. The van der Waals surface area contributed by atoms with Gasteiger partial charge in [0.1, 0.15) is 11.5 Å². The first-order chi connectivity index (χ1) is 9.76. The molecule has 4 nitrogen and oxygen atoms in total. The van der Waals surface area contributed by atoms with E-state index in [2.05, 4.69) is 4.74 Å². The number of aromatic hydroxyl groups is 1. The number of hydrogen-bond acceptors (Lipinski definition) is 3. The van der Waals surface area contributed by atoms with Gasteiger partial charge < -0.3 is 14.9 Å². The Kier molecular flexibility index (Phi) is 3.75. The minimum absolute atomic E-state index is 0.0927. The van der Waals surface area contributed by atoms with Crippen LogP contribution in [0.5, 0.6) is 11.5 Å². The van der Waals surface area contributed by atoms with Crippen LogP contribution in [0.3, 0.4) is 0 Å². The number of alkyl halides is 3. The van der Waals surface area contributed by atoms with E-state index in [1.165, 1.54) is 24.3 Å². The van der Waals surface area contributed by atoms with Crippen molar-refractivity contribution in [2.24, 2.45) is 0 Å². The van der Waals surface area contributed by atoms with Gasteiger partial charge in [0.2, 0.25) is 0 Å². The Labute approximate surface area is 117 Å². The number of hydrogen-bond donors (Lipinski definition) is 2. The predicted molar refractivity (Wildman–Crippen MR) is 67.2 cm³/mol. The minimum atomic E-state index is -4.84. The van der Waals surface area contributed by atoms with Crippen LogP contribution in [0.2, 0.25) is 0 Å². The van der Waals surface area contributed by atoms with Gasteiger partial charge in [0.15, 0.2) is 0 Å². The smallest absolute Gasteiger partial charge is 0.508 e. The molecule has 0 aromatic heterocycles. The molecule has 2 aromatic carbocycles. The molecule has 0 saturated carbocycles. The fourth-order valence-corrected chi connectivity index (χ4v) is 1.82. The van der Waals surface area contributed by atoms with E-state index in [0.717, 1.165) is 18.2 Å². The fraction of sp³-hybridized carbons (Fsp3) is 0.0714. The van der Waals surface area contributed by atoms with E-state index < -0.39 is 18.1 Å². The van der Waals surface area contributed by atoms with Gasteiger partial charge in [0.25, 0.3) is 0 Å². The molecule has 0 radical (unpaired) electrons. The van der Waals surface area contributed by atoms with E-state index in [1.54, 1.807) is 0 Å². The van der Waals surface area contributed by atoms with E-state index in [9.17, 15) is 23.1 Å². The van der Waals surface area contributed by atoms with Gasteiger partial charge in [-0.05, 0) is 41.5 Å². The zero-order valence-corrected chi connectivity index (χ0v) is 10.4. The molecule has 0 atom stereocenters. The van der Waals surface area contributed by atoms with Crippen LogP contribution >= 0.6 is 0 Å². The molecule has 7 heteroatoms. The molecule has 0 unspecified atom stereocenters. The molecule has 0 saturated heterocycles. The monoisotopic (exact) mass is 298 g/mol. The number of carboxylic acid groups (broad SMARTS) is 1. The van der Waals surface area contributed by atoms with Gasteiger partial charge in [0, 0.05) is 0 Å². The number of phenols is 1. The zero-order chi connectivity index (χ0) is 15.6. The van der Waals surface area contributed by atoms with Crippen LogP contribution in [-0.4, -0.2) is 22.5 Å². The molecule has 21 heavy (non-hydrogen) atoms. The van der Waals surface area contributed by atoms with Gasteiger partial charge in [-0.25, -0.2) is 4.79 Å². The third-order valence-electron chi connectivity index (χ3n) is 2.61. The summed E-state index contributed by atoms with van der Waals surface area (Å²) in [5.74, 6) is -1.93. The number of carbonyl (C=O) groups is 1. The molecule has 0 amide bonds. The maximum absolute atomic E-state index is 12.2. The van der Waals surface area contributed by atoms with E-state index in [4.69, 9.17) is 5.11 Å². The second-order valence-electron chi connectivity index (χ2n) is 4.11. The van der Waals surface area contributed by atoms with E-state index in [-0.39, 0.29) is 22.4 Å². The largest absolute Gasteiger partial charge is 0.573 e. The maximum atomic E-state index is 12.2. The van der Waals surface area contributed by atoms with Crippen LogP contribution in [-0.2, 0) is 0 Å². The predicted octanol–water partition coefficient (Wildman–Crippen LogP) is 3.66. The summed E-state index contributed by atoms with van der Waals surface area (Å²) in [6.07, 6.45) is -4.84. The van der Waals surface area contributed by atoms with Crippen LogP contribution < -0.4 is 4.74 Å². The van der Waals surface area contributed by atoms with Crippen molar-refractivity contribution >= 4 is 5.97 Å². The molecular formula is C14H9F3O4. The molecule has 110 valence electrons. The molecule has 0 fully saturated rings. The van der Waals surface area contributed by atoms with E-state index in [0.29, 0.717) is 0 Å². The van der Waals surface area contributed by atoms with Gasteiger partial charge in [-0.1, -0.05) is 12.1 Å². The number of ether oxygens (including phenoxy) is 1. The molecule has 0 heterocycles. The highest BCUT2D eigenvalue weighted by atomic mass is 19.4. The molecule has 0 bridgehead atoms. The molecule has 0 aliphatic heterocycles. The van der Waals surface area contributed by atoms with Crippen LogP contribution in [0.1, 0.15) is 10.4 Å². The summed E-state index contributed by atoms with van der Waals surface area (Å²) >= 11 is 0. The Morgan fingerprint density at radius 3 is 2.43 bits per heavy atom. The normalized spacial score (nSPS) is 11.2. The van der Waals surface area contributed by atoms with Gasteiger partial charge >= 0.3 is 12.3 Å². The number of benzene rings is 2.